The Morgan fingerprint density at radius 2 is 1.58 bits per heavy atom. The van der Waals surface area contributed by atoms with Gasteiger partial charge in [0, 0.05) is 46.3 Å². The van der Waals surface area contributed by atoms with E-state index in [9.17, 15) is 12.8 Å². The summed E-state index contributed by atoms with van der Waals surface area (Å²) >= 11 is 0. The smallest absolute Gasteiger partial charge is 0.243 e. The zero-order valence-corrected chi connectivity index (χ0v) is 15.7. The average molecular weight is 377 g/mol. The van der Waals surface area contributed by atoms with Crippen molar-refractivity contribution < 1.29 is 12.8 Å². The summed E-state index contributed by atoms with van der Waals surface area (Å²) < 4.78 is 39.7. The van der Waals surface area contributed by atoms with E-state index in [1.165, 1.54) is 23.5 Å². The van der Waals surface area contributed by atoms with Crippen LogP contribution in [0.4, 0.5) is 4.39 Å². The highest BCUT2D eigenvalue weighted by atomic mass is 32.2. The van der Waals surface area contributed by atoms with Gasteiger partial charge in [-0.3, -0.25) is 4.90 Å². The van der Waals surface area contributed by atoms with Gasteiger partial charge in [-0.1, -0.05) is 24.3 Å². The molecule has 0 radical (unpaired) electrons. The Kier molecular flexibility index (Phi) is 6.03. The molecule has 1 fully saturated rings. The molecule has 0 amide bonds. The Labute approximate surface area is 154 Å². The van der Waals surface area contributed by atoms with Gasteiger partial charge in [-0.2, -0.15) is 4.31 Å². The van der Waals surface area contributed by atoms with Crippen molar-refractivity contribution in [2.75, 3.05) is 33.2 Å². The maximum Gasteiger partial charge on any atom is 0.243 e. The van der Waals surface area contributed by atoms with E-state index in [1.807, 2.05) is 12.1 Å². The van der Waals surface area contributed by atoms with Crippen molar-refractivity contribution in [3.8, 4) is 0 Å². The first-order chi connectivity index (χ1) is 12.4. The van der Waals surface area contributed by atoms with E-state index in [2.05, 4.69) is 10.2 Å². The topological polar surface area (TPSA) is 52.7 Å². The quantitative estimate of drug-likeness (QED) is 0.837. The number of rotatable bonds is 6. The van der Waals surface area contributed by atoms with Crippen molar-refractivity contribution in [3.63, 3.8) is 0 Å². The molecule has 0 bridgehead atoms. The molecule has 0 atom stereocenters. The molecule has 1 heterocycles. The van der Waals surface area contributed by atoms with E-state index in [0.717, 1.165) is 43.9 Å². The Morgan fingerprint density at radius 1 is 1.00 bits per heavy atom. The van der Waals surface area contributed by atoms with Crippen LogP contribution in [0.15, 0.2) is 53.4 Å². The predicted molar refractivity (Wildman–Crippen MR) is 99.6 cm³/mol. The molecule has 7 heteroatoms. The minimum Gasteiger partial charge on any atom is -0.314 e. The largest absolute Gasteiger partial charge is 0.314 e. The van der Waals surface area contributed by atoms with Crippen molar-refractivity contribution in [1.82, 2.24) is 14.5 Å². The lowest BCUT2D eigenvalue weighted by Crippen LogP contribution is -2.42. The van der Waals surface area contributed by atoms with Gasteiger partial charge in [0.25, 0.3) is 0 Å². The lowest BCUT2D eigenvalue weighted by molar-refractivity contribution is 0.233. The second kappa shape index (κ2) is 8.26. The molecule has 2 aromatic carbocycles. The van der Waals surface area contributed by atoms with Crippen LogP contribution in [-0.2, 0) is 23.1 Å². The van der Waals surface area contributed by atoms with Crippen molar-refractivity contribution in [3.05, 3.63) is 65.5 Å². The maximum atomic E-state index is 13.0. The fraction of sp³-hybridized carbons (Fsp3) is 0.368. The van der Waals surface area contributed by atoms with Crippen LogP contribution in [0.1, 0.15) is 11.1 Å². The Balaban J connectivity index is 1.66. The fourth-order valence-electron chi connectivity index (χ4n) is 3.01. The van der Waals surface area contributed by atoms with Crippen LogP contribution in [0.3, 0.4) is 0 Å². The van der Waals surface area contributed by atoms with Crippen molar-refractivity contribution in [1.29, 1.82) is 0 Å². The van der Waals surface area contributed by atoms with E-state index in [4.69, 9.17) is 0 Å². The number of halogens is 1. The van der Waals surface area contributed by atoms with Crippen LogP contribution >= 0.6 is 0 Å². The number of nitrogens with one attached hydrogen (secondary N) is 1. The maximum absolute atomic E-state index is 13.0. The molecule has 2 aromatic rings. The van der Waals surface area contributed by atoms with Crippen molar-refractivity contribution in [2.24, 2.45) is 0 Å². The lowest BCUT2D eigenvalue weighted by Gasteiger charge is -2.27. The van der Waals surface area contributed by atoms with Gasteiger partial charge in [-0.25, -0.2) is 12.8 Å². The number of nitrogens with zero attached hydrogens (tertiary/aromatic N) is 2. The molecule has 1 aliphatic heterocycles. The average Bonchev–Trinajstić information content (AvgIpc) is 2.65. The Hall–Kier alpha value is -1.80. The van der Waals surface area contributed by atoms with Gasteiger partial charge < -0.3 is 5.32 Å². The molecule has 1 saturated heterocycles. The summed E-state index contributed by atoms with van der Waals surface area (Å²) in [7, 11) is -2.05. The summed E-state index contributed by atoms with van der Waals surface area (Å²) in [5.74, 6) is -0.334. The normalized spacial score (nSPS) is 16.1. The molecule has 140 valence electrons. The van der Waals surface area contributed by atoms with Gasteiger partial charge in [0.1, 0.15) is 5.82 Å². The molecule has 0 spiro atoms. The second-order valence-corrected chi connectivity index (χ2v) is 8.60. The molecule has 26 heavy (non-hydrogen) atoms. The summed E-state index contributed by atoms with van der Waals surface area (Å²) in [4.78, 5) is 2.62. The third-order valence-electron chi connectivity index (χ3n) is 4.57. The van der Waals surface area contributed by atoms with Crippen LogP contribution in [0.25, 0.3) is 0 Å². The van der Waals surface area contributed by atoms with Crippen LogP contribution in [-0.4, -0.2) is 50.8 Å². The third-order valence-corrected chi connectivity index (χ3v) is 6.38. The minimum atomic E-state index is -3.58. The summed E-state index contributed by atoms with van der Waals surface area (Å²) in [5.41, 5.74) is 1.85. The lowest BCUT2D eigenvalue weighted by atomic mass is 10.2. The van der Waals surface area contributed by atoms with Gasteiger partial charge in [0.2, 0.25) is 10.0 Å². The Bertz CT molecular complexity index is 817. The second-order valence-electron chi connectivity index (χ2n) is 6.56. The highest BCUT2D eigenvalue weighted by molar-refractivity contribution is 7.89. The van der Waals surface area contributed by atoms with E-state index in [0.29, 0.717) is 0 Å². The Morgan fingerprint density at radius 3 is 2.19 bits per heavy atom. The molecule has 0 aromatic heterocycles. The SMILES string of the molecule is CN(Cc1ccc(F)cc1)S(=O)(=O)c1ccc(CN2CCNCC2)cc1. The van der Waals surface area contributed by atoms with Gasteiger partial charge in [0.15, 0.2) is 0 Å². The highest BCUT2D eigenvalue weighted by Crippen LogP contribution is 2.18. The molecule has 3 rings (SSSR count). The van der Waals surface area contributed by atoms with Gasteiger partial charge in [0.05, 0.1) is 4.90 Å². The first-order valence-electron chi connectivity index (χ1n) is 8.68. The predicted octanol–water partition coefficient (Wildman–Crippen LogP) is 2.05. The van der Waals surface area contributed by atoms with Crippen molar-refractivity contribution >= 4 is 10.0 Å². The van der Waals surface area contributed by atoms with Gasteiger partial charge >= 0.3 is 0 Å². The van der Waals surface area contributed by atoms with Crippen LogP contribution in [0.5, 0.6) is 0 Å². The van der Waals surface area contributed by atoms with Crippen molar-refractivity contribution in [2.45, 2.75) is 18.0 Å². The third kappa shape index (κ3) is 4.67. The van der Waals surface area contributed by atoms with Crippen LogP contribution in [0, 0.1) is 5.82 Å². The zero-order chi connectivity index (χ0) is 18.6. The summed E-state index contributed by atoms with van der Waals surface area (Å²) in [6.45, 7) is 5.00. The molecule has 0 aliphatic carbocycles. The number of benzene rings is 2. The van der Waals surface area contributed by atoms with E-state index >= 15 is 0 Å². The fourth-order valence-corrected chi connectivity index (χ4v) is 4.17. The van der Waals surface area contributed by atoms with E-state index < -0.39 is 10.0 Å². The molecule has 0 unspecified atom stereocenters. The molecular formula is C19H24FN3O2S. The van der Waals surface area contributed by atoms with Gasteiger partial charge in [-0.15, -0.1) is 0 Å². The molecular weight excluding hydrogens is 353 g/mol. The van der Waals surface area contributed by atoms with Crippen LogP contribution in [0.2, 0.25) is 0 Å². The first-order valence-corrected chi connectivity index (χ1v) is 10.1. The number of piperazine rings is 1. The monoisotopic (exact) mass is 377 g/mol. The highest BCUT2D eigenvalue weighted by Gasteiger charge is 2.21. The number of hydrogen-bond acceptors (Lipinski definition) is 4. The first kappa shape index (κ1) is 19.0. The molecule has 1 N–H and O–H groups in total. The van der Waals surface area contributed by atoms with Crippen LogP contribution < -0.4 is 5.32 Å². The minimum absolute atomic E-state index is 0.200. The zero-order valence-electron chi connectivity index (χ0n) is 14.9. The summed E-state index contributed by atoms with van der Waals surface area (Å²) in [6.07, 6.45) is 0. The van der Waals surface area contributed by atoms with Gasteiger partial charge in [-0.05, 0) is 35.4 Å². The molecule has 0 saturated carbocycles. The van der Waals surface area contributed by atoms with E-state index in [1.54, 1.807) is 24.3 Å². The summed E-state index contributed by atoms with van der Waals surface area (Å²) in [6, 6.07) is 12.9. The number of hydrogen-bond donors (Lipinski definition) is 1. The molecule has 5 nitrogen and oxygen atoms in total. The standard InChI is InChI=1S/C19H24FN3O2S/c1-22(14-16-2-6-18(20)7-3-16)26(24,25)19-8-4-17(5-9-19)15-23-12-10-21-11-13-23/h2-9,21H,10-15H2,1H3. The number of sulfonamides is 1. The van der Waals surface area contributed by atoms with E-state index in [-0.39, 0.29) is 17.3 Å². The summed E-state index contributed by atoms with van der Waals surface area (Å²) in [5, 5.41) is 3.32. The molecule has 1 aliphatic rings.